The van der Waals surface area contributed by atoms with Crippen molar-refractivity contribution in [2.45, 2.75) is 38.6 Å². The maximum Gasteiger partial charge on any atom is 0.255 e. The predicted octanol–water partition coefficient (Wildman–Crippen LogP) is 3.87. The Kier molecular flexibility index (Phi) is 5.95. The summed E-state index contributed by atoms with van der Waals surface area (Å²) in [6, 6.07) is 16.0. The normalized spacial score (nSPS) is 17.6. The van der Waals surface area contributed by atoms with Gasteiger partial charge in [0, 0.05) is 50.9 Å². The fourth-order valence-electron chi connectivity index (χ4n) is 4.08. The summed E-state index contributed by atoms with van der Waals surface area (Å²) in [4.78, 5) is 28.5. The van der Waals surface area contributed by atoms with Crippen LogP contribution in [0.2, 0.25) is 0 Å². The molecule has 0 aromatic heterocycles. The first-order chi connectivity index (χ1) is 14.1. The van der Waals surface area contributed by atoms with E-state index >= 15 is 0 Å². The Bertz CT molecular complexity index is 866. The van der Waals surface area contributed by atoms with Gasteiger partial charge in [-0.05, 0) is 48.1 Å². The van der Waals surface area contributed by atoms with Crippen LogP contribution in [0.25, 0.3) is 0 Å². The SMILES string of the molecule is CC(=O)N1CCN(Cc2ccccc2NC(=O)c2ccc(C3CCC3)cc2)CC1. The van der Waals surface area contributed by atoms with Gasteiger partial charge in [-0.1, -0.05) is 36.8 Å². The molecule has 1 saturated carbocycles. The maximum absolute atomic E-state index is 12.8. The molecule has 2 aliphatic rings. The van der Waals surface area contributed by atoms with Crippen molar-refractivity contribution in [2.75, 3.05) is 31.5 Å². The van der Waals surface area contributed by atoms with Crippen molar-refractivity contribution in [3.63, 3.8) is 0 Å². The van der Waals surface area contributed by atoms with Crippen molar-refractivity contribution in [3.8, 4) is 0 Å². The molecule has 2 fully saturated rings. The molecule has 5 heteroatoms. The summed E-state index contributed by atoms with van der Waals surface area (Å²) >= 11 is 0. The second-order valence-corrected chi connectivity index (χ2v) is 8.14. The highest BCUT2D eigenvalue weighted by molar-refractivity contribution is 6.04. The zero-order chi connectivity index (χ0) is 20.2. The van der Waals surface area contributed by atoms with Crippen LogP contribution >= 0.6 is 0 Å². The summed E-state index contributed by atoms with van der Waals surface area (Å²) in [6.45, 7) is 5.62. The minimum absolute atomic E-state index is 0.0704. The number of benzene rings is 2. The van der Waals surface area contributed by atoms with E-state index in [1.807, 2.05) is 35.2 Å². The lowest BCUT2D eigenvalue weighted by atomic mass is 9.80. The van der Waals surface area contributed by atoms with E-state index < -0.39 is 0 Å². The first kappa shape index (κ1) is 19.6. The van der Waals surface area contributed by atoms with Crippen molar-refractivity contribution in [1.29, 1.82) is 0 Å². The average Bonchev–Trinajstić information content (AvgIpc) is 2.69. The van der Waals surface area contributed by atoms with Crippen LogP contribution < -0.4 is 5.32 Å². The molecule has 1 saturated heterocycles. The Morgan fingerprint density at radius 1 is 0.966 bits per heavy atom. The molecule has 0 unspecified atom stereocenters. The van der Waals surface area contributed by atoms with Gasteiger partial charge in [0.2, 0.25) is 5.91 Å². The van der Waals surface area contributed by atoms with E-state index in [0.29, 0.717) is 11.5 Å². The third-order valence-electron chi connectivity index (χ3n) is 6.23. The number of carbonyl (C=O) groups excluding carboxylic acids is 2. The van der Waals surface area contributed by atoms with E-state index in [4.69, 9.17) is 0 Å². The van der Waals surface area contributed by atoms with Crippen LogP contribution in [0.15, 0.2) is 48.5 Å². The van der Waals surface area contributed by atoms with Crippen molar-refractivity contribution in [1.82, 2.24) is 9.80 Å². The zero-order valence-corrected chi connectivity index (χ0v) is 17.1. The molecule has 1 N–H and O–H groups in total. The molecule has 2 aromatic carbocycles. The fraction of sp³-hybridized carbons (Fsp3) is 0.417. The van der Waals surface area contributed by atoms with Gasteiger partial charge in [-0.3, -0.25) is 14.5 Å². The first-order valence-electron chi connectivity index (χ1n) is 10.6. The summed E-state index contributed by atoms with van der Waals surface area (Å²) in [6.07, 6.45) is 3.84. The standard InChI is InChI=1S/C24H29N3O2/c1-18(28)27-15-13-26(14-16-27)17-22-5-2-3-8-23(22)25-24(29)21-11-9-20(10-12-21)19-6-4-7-19/h2-3,5,8-12,19H,4,6-7,13-17H2,1H3,(H,25,29). The van der Waals surface area contributed by atoms with Crippen LogP contribution in [0.3, 0.4) is 0 Å². The van der Waals surface area contributed by atoms with Crippen LogP contribution in [0.1, 0.15) is 53.6 Å². The lowest BCUT2D eigenvalue weighted by molar-refractivity contribution is -0.130. The van der Waals surface area contributed by atoms with Gasteiger partial charge in [0.05, 0.1) is 0 Å². The van der Waals surface area contributed by atoms with Crippen molar-refractivity contribution >= 4 is 17.5 Å². The average molecular weight is 392 g/mol. The van der Waals surface area contributed by atoms with E-state index in [9.17, 15) is 9.59 Å². The van der Waals surface area contributed by atoms with Crippen molar-refractivity contribution in [3.05, 3.63) is 65.2 Å². The second-order valence-electron chi connectivity index (χ2n) is 8.14. The Balaban J connectivity index is 1.39. The molecular formula is C24H29N3O2. The Morgan fingerprint density at radius 2 is 1.66 bits per heavy atom. The fourth-order valence-corrected chi connectivity index (χ4v) is 4.08. The molecule has 4 rings (SSSR count). The van der Waals surface area contributed by atoms with Crippen molar-refractivity contribution in [2.24, 2.45) is 0 Å². The molecule has 1 aliphatic carbocycles. The van der Waals surface area contributed by atoms with E-state index in [1.165, 1.54) is 24.8 Å². The number of para-hydroxylation sites is 1. The minimum Gasteiger partial charge on any atom is -0.340 e. The zero-order valence-electron chi connectivity index (χ0n) is 17.1. The van der Waals surface area contributed by atoms with Gasteiger partial charge in [0.25, 0.3) is 5.91 Å². The lowest BCUT2D eigenvalue weighted by Gasteiger charge is -2.34. The number of hydrogen-bond donors (Lipinski definition) is 1. The van der Waals surface area contributed by atoms with Gasteiger partial charge >= 0.3 is 0 Å². The van der Waals surface area contributed by atoms with Gasteiger partial charge < -0.3 is 10.2 Å². The minimum atomic E-state index is -0.0704. The van der Waals surface area contributed by atoms with Crippen LogP contribution in [-0.4, -0.2) is 47.8 Å². The van der Waals surface area contributed by atoms with Gasteiger partial charge in [-0.15, -0.1) is 0 Å². The predicted molar refractivity (Wildman–Crippen MR) is 115 cm³/mol. The number of anilines is 1. The smallest absolute Gasteiger partial charge is 0.255 e. The van der Waals surface area contributed by atoms with Gasteiger partial charge in [0.15, 0.2) is 0 Å². The van der Waals surface area contributed by atoms with Crippen LogP contribution in [0, 0.1) is 0 Å². The maximum atomic E-state index is 12.8. The molecule has 0 atom stereocenters. The monoisotopic (exact) mass is 391 g/mol. The molecule has 0 spiro atoms. The topological polar surface area (TPSA) is 52.7 Å². The molecule has 5 nitrogen and oxygen atoms in total. The second kappa shape index (κ2) is 8.78. The quantitative estimate of drug-likeness (QED) is 0.842. The van der Waals surface area contributed by atoms with E-state index in [-0.39, 0.29) is 11.8 Å². The van der Waals surface area contributed by atoms with Crippen molar-refractivity contribution < 1.29 is 9.59 Å². The Morgan fingerprint density at radius 3 is 2.28 bits per heavy atom. The number of carbonyl (C=O) groups is 2. The highest BCUT2D eigenvalue weighted by Crippen LogP contribution is 2.36. The molecule has 2 aromatic rings. The first-order valence-corrected chi connectivity index (χ1v) is 10.6. The number of nitrogens with one attached hydrogen (secondary N) is 1. The third-order valence-corrected chi connectivity index (χ3v) is 6.23. The molecule has 0 radical (unpaired) electrons. The highest BCUT2D eigenvalue weighted by Gasteiger charge is 2.21. The van der Waals surface area contributed by atoms with E-state index in [0.717, 1.165) is 44.0 Å². The summed E-state index contributed by atoms with van der Waals surface area (Å²) < 4.78 is 0. The number of nitrogens with zero attached hydrogens (tertiary/aromatic N) is 2. The summed E-state index contributed by atoms with van der Waals surface area (Å²) in [5.74, 6) is 0.746. The number of piperazine rings is 1. The largest absolute Gasteiger partial charge is 0.340 e. The van der Waals surface area contributed by atoms with Crippen LogP contribution in [0.5, 0.6) is 0 Å². The highest BCUT2D eigenvalue weighted by atomic mass is 16.2. The van der Waals surface area contributed by atoms with Gasteiger partial charge in [-0.2, -0.15) is 0 Å². The lowest BCUT2D eigenvalue weighted by Crippen LogP contribution is -2.47. The van der Waals surface area contributed by atoms with Gasteiger partial charge in [-0.25, -0.2) is 0 Å². The molecule has 29 heavy (non-hydrogen) atoms. The Hall–Kier alpha value is -2.66. The van der Waals surface area contributed by atoms with E-state index in [1.54, 1.807) is 6.92 Å². The third kappa shape index (κ3) is 4.67. The van der Waals surface area contributed by atoms with Gasteiger partial charge in [0.1, 0.15) is 0 Å². The van der Waals surface area contributed by atoms with E-state index in [2.05, 4.69) is 28.4 Å². The number of hydrogen-bond acceptors (Lipinski definition) is 3. The van der Waals surface area contributed by atoms with Crippen LogP contribution in [0.4, 0.5) is 5.69 Å². The Labute approximate surface area is 172 Å². The number of rotatable bonds is 5. The summed E-state index contributed by atoms with van der Waals surface area (Å²) in [7, 11) is 0. The summed E-state index contributed by atoms with van der Waals surface area (Å²) in [5.41, 5.74) is 3.99. The molecule has 2 amide bonds. The number of amides is 2. The van der Waals surface area contributed by atoms with Crippen LogP contribution in [-0.2, 0) is 11.3 Å². The molecule has 1 aliphatic heterocycles. The molecule has 1 heterocycles. The molecular weight excluding hydrogens is 362 g/mol. The summed E-state index contributed by atoms with van der Waals surface area (Å²) in [5, 5.41) is 3.09. The molecule has 0 bridgehead atoms. The molecule has 152 valence electrons.